The van der Waals surface area contributed by atoms with Crippen LogP contribution in [0.4, 0.5) is 5.13 Å². The second-order valence-electron chi connectivity index (χ2n) is 5.88. The molecule has 1 atom stereocenters. The lowest BCUT2D eigenvalue weighted by molar-refractivity contribution is 0.266. The van der Waals surface area contributed by atoms with E-state index in [4.69, 9.17) is 4.99 Å². The minimum atomic E-state index is 0.650. The molecule has 0 radical (unpaired) electrons. The predicted molar refractivity (Wildman–Crippen MR) is 91.2 cm³/mol. The van der Waals surface area contributed by atoms with E-state index in [2.05, 4.69) is 34.4 Å². The lowest BCUT2D eigenvalue weighted by Gasteiger charge is -2.33. The molecule has 1 aromatic heterocycles. The minimum Gasteiger partial charge on any atom is -0.357 e. The number of nitrogens with zero attached hydrogens (tertiary/aromatic N) is 4. The molecule has 1 unspecified atom stereocenters. The predicted octanol–water partition coefficient (Wildman–Crippen LogP) is 2.41. The van der Waals surface area contributed by atoms with E-state index in [0.29, 0.717) is 6.54 Å². The Kier molecular flexibility index (Phi) is 5.85. The van der Waals surface area contributed by atoms with E-state index in [0.717, 1.165) is 42.3 Å². The molecule has 0 saturated carbocycles. The number of hydrogen-bond acceptors (Lipinski definition) is 4. The Morgan fingerprint density at radius 1 is 1.57 bits per heavy atom. The minimum absolute atomic E-state index is 0.650. The Morgan fingerprint density at radius 2 is 2.38 bits per heavy atom. The standard InChI is InChI=1S/C15H27N5S/c1-5-16-14(20-8-6-7-12(2)10-20)17-9-13-11-21-15(18-13)19(3)4/h11-12H,5-10H2,1-4H3,(H,16,17). The largest absolute Gasteiger partial charge is 0.357 e. The molecule has 1 aliphatic heterocycles. The molecule has 2 rings (SSSR count). The van der Waals surface area contributed by atoms with Crippen molar-refractivity contribution in [3.05, 3.63) is 11.1 Å². The SMILES string of the molecule is CCNC(=NCc1csc(N(C)C)n1)N1CCCC(C)C1. The molecule has 1 aromatic rings. The number of guanidine groups is 1. The van der Waals surface area contributed by atoms with Gasteiger partial charge in [-0.25, -0.2) is 9.98 Å². The van der Waals surface area contributed by atoms with Crippen molar-refractivity contribution in [1.82, 2.24) is 15.2 Å². The average Bonchev–Trinajstić information content (AvgIpc) is 2.92. The van der Waals surface area contributed by atoms with Gasteiger partial charge in [0.1, 0.15) is 0 Å². The summed E-state index contributed by atoms with van der Waals surface area (Å²) in [5, 5.41) is 6.55. The fourth-order valence-electron chi connectivity index (χ4n) is 2.54. The van der Waals surface area contributed by atoms with Crippen LogP contribution in [-0.4, -0.2) is 49.6 Å². The highest BCUT2D eigenvalue weighted by molar-refractivity contribution is 7.13. The van der Waals surface area contributed by atoms with E-state index in [-0.39, 0.29) is 0 Å². The fraction of sp³-hybridized carbons (Fsp3) is 0.733. The van der Waals surface area contributed by atoms with Gasteiger partial charge >= 0.3 is 0 Å². The zero-order chi connectivity index (χ0) is 15.2. The van der Waals surface area contributed by atoms with Gasteiger partial charge in [0, 0.05) is 39.1 Å². The summed E-state index contributed by atoms with van der Waals surface area (Å²) in [4.78, 5) is 13.8. The number of piperidine rings is 1. The van der Waals surface area contributed by atoms with Gasteiger partial charge in [-0.3, -0.25) is 0 Å². The highest BCUT2D eigenvalue weighted by Crippen LogP contribution is 2.19. The smallest absolute Gasteiger partial charge is 0.194 e. The average molecular weight is 309 g/mol. The first-order valence-corrected chi connectivity index (χ1v) is 8.63. The van der Waals surface area contributed by atoms with Crippen molar-refractivity contribution in [1.29, 1.82) is 0 Å². The summed E-state index contributed by atoms with van der Waals surface area (Å²) in [5.41, 5.74) is 1.05. The Labute approximate surface area is 132 Å². The Bertz CT molecular complexity index is 468. The molecule has 1 saturated heterocycles. The summed E-state index contributed by atoms with van der Waals surface area (Å²) in [5.74, 6) is 1.78. The van der Waals surface area contributed by atoms with Crippen LogP contribution in [0.25, 0.3) is 0 Å². The first kappa shape index (κ1) is 16.1. The number of aliphatic imine (C=N–C) groups is 1. The Balaban J connectivity index is 2.02. The molecular weight excluding hydrogens is 282 g/mol. The van der Waals surface area contributed by atoms with Crippen molar-refractivity contribution >= 4 is 22.4 Å². The maximum Gasteiger partial charge on any atom is 0.194 e. The third-order valence-electron chi connectivity index (χ3n) is 3.60. The third kappa shape index (κ3) is 4.59. The van der Waals surface area contributed by atoms with Crippen LogP contribution in [-0.2, 0) is 6.54 Å². The summed E-state index contributed by atoms with van der Waals surface area (Å²) in [6.07, 6.45) is 2.58. The highest BCUT2D eigenvalue weighted by atomic mass is 32.1. The van der Waals surface area contributed by atoms with Crippen LogP contribution in [0.1, 0.15) is 32.4 Å². The number of likely N-dealkylation sites (tertiary alicyclic amines) is 1. The molecule has 0 aromatic carbocycles. The maximum absolute atomic E-state index is 4.77. The van der Waals surface area contributed by atoms with Crippen LogP contribution in [0.3, 0.4) is 0 Å². The van der Waals surface area contributed by atoms with Crippen molar-refractivity contribution in [3.8, 4) is 0 Å². The van der Waals surface area contributed by atoms with Gasteiger partial charge in [0.05, 0.1) is 12.2 Å². The topological polar surface area (TPSA) is 43.8 Å². The molecule has 0 spiro atoms. The molecular formula is C15H27N5S. The van der Waals surface area contributed by atoms with E-state index in [9.17, 15) is 0 Å². The quantitative estimate of drug-likeness (QED) is 0.685. The van der Waals surface area contributed by atoms with Gasteiger partial charge < -0.3 is 15.1 Å². The maximum atomic E-state index is 4.77. The fourth-order valence-corrected chi connectivity index (χ4v) is 3.29. The van der Waals surface area contributed by atoms with Crippen LogP contribution in [0, 0.1) is 5.92 Å². The molecule has 2 heterocycles. The van der Waals surface area contributed by atoms with Crippen LogP contribution in [0.5, 0.6) is 0 Å². The van der Waals surface area contributed by atoms with Gasteiger partial charge in [-0.1, -0.05) is 6.92 Å². The molecule has 21 heavy (non-hydrogen) atoms. The zero-order valence-corrected chi connectivity index (χ0v) is 14.4. The van der Waals surface area contributed by atoms with Gasteiger partial charge in [-0.2, -0.15) is 0 Å². The molecule has 6 heteroatoms. The number of hydrogen-bond donors (Lipinski definition) is 1. The summed E-state index contributed by atoms with van der Waals surface area (Å²) in [6, 6.07) is 0. The molecule has 118 valence electrons. The Morgan fingerprint density at radius 3 is 3.00 bits per heavy atom. The van der Waals surface area contributed by atoms with Gasteiger partial charge in [0.2, 0.25) is 0 Å². The molecule has 0 aliphatic carbocycles. The van der Waals surface area contributed by atoms with Crippen LogP contribution < -0.4 is 10.2 Å². The summed E-state index contributed by atoms with van der Waals surface area (Å²) in [7, 11) is 4.04. The summed E-state index contributed by atoms with van der Waals surface area (Å²) in [6.45, 7) is 8.21. The normalized spacial score (nSPS) is 19.7. The first-order valence-electron chi connectivity index (χ1n) is 7.75. The van der Waals surface area contributed by atoms with E-state index in [1.165, 1.54) is 12.8 Å². The molecule has 5 nitrogen and oxygen atoms in total. The van der Waals surface area contributed by atoms with E-state index in [1.807, 2.05) is 19.0 Å². The second-order valence-corrected chi connectivity index (χ2v) is 6.72. The highest BCUT2D eigenvalue weighted by Gasteiger charge is 2.19. The summed E-state index contributed by atoms with van der Waals surface area (Å²) < 4.78 is 0. The van der Waals surface area contributed by atoms with Crippen LogP contribution in [0.15, 0.2) is 10.4 Å². The first-order chi connectivity index (χ1) is 10.1. The van der Waals surface area contributed by atoms with Gasteiger partial charge in [0.15, 0.2) is 11.1 Å². The molecule has 1 fully saturated rings. The summed E-state index contributed by atoms with van der Waals surface area (Å²) >= 11 is 1.67. The monoisotopic (exact) mass is 309 g/mol. The second kappa shape index (κ2) is 7.64. The zero-order valence-electron chi connectivity index (χ0n) is 13.6. The van der Waals surface area contributed by atoms with Crippen molar-refractivity contribution in [2.24, 2.45) is 10.9 Å². The van der Waals surface area contributed by atoms with Crippen molar-refractivity contribution < 1.29 is 0 Å². The van der Waals surface area contributed by atoms with E-state index >= 15 is 0 Å². The van der Waals surface area contributed by atoms with Crippen molar-refractivity contribution in [2.45, 2.75) is 33.2 Å². The van der Waals surface area contributed by atoms with Crippen molar-refractivity contribution in [3.63, 3.8) is 0 Å². The number of anilines is 1. The lowest BCUT2D eigenvalue weighted by Crippen LogP contribution is -2.46. The number of aromatic nitrogens is 1. The van der Waals surface area contributed by atoms with Crippen LogP contribution in [0.2, 0.25) is 0 Å². The molecule has 1 aliphatic rings. The van der Waals surface area contributed by atoms with Crippen LogP contribution >= 0.6 is 11.3 Å². The number of thiazole rings is 1. The van der Waals surface area contributed by atoms with E-state index < -0.39 is 0 Å². The molecule has 1 N–H and O–H groups in total. The number of nitrogens with one attached hydrogen (secondary N) is 1. The van der Waals surface area contributed by atoms with Crippen molar-refractivity contribution in [2.75, 3.05) is 38.6 Å². The van der Waals surface area contributed by atoms with Gasteiger partial charge in [-0.05, 0) is 25.7 Å². The number of rotatable bonds is 4. The molecule has 0 bridgehead atoms. The Hall–Kier alpha value is -1.30. The third-order valence-corrected chi connectivity index (χ3v) is 4.66. The van der Waals surface area contributed by atoms with Gasteiger partial charge in [-0.15, -0.1) is 11.3 Å². The molecule has 0 amide bonds. The van der Waals surface area contributed by atoms with E-state index in [1.54, 1.807) is 11.3 Å². The van der Waals surface area contributed by atoms with Gasteiger partial charge in [0.25, 0.3) is 0 Å². The lowest BCUT2D eigenvalue weighted by atomic mass is 10.0.